The minimum atomic E-state index is -0.770. The molecule has 0 bridgehead atoms. The van der Waals surface area contributed by atoms with Crippen LogP contribution in [0.1, 0.15) is 25.1 Å². The first-order valence-electron chi connectivity index (χ1n) is 3.63. The van der Waals surface area contributed by atoms with Gasteiger partial charge in [-0.25, -0.2) is 0 Å². The summed E-state index contributed by atoms with van der Waals surface area (Å²) in [4.78, 5) is 15.4. The summed E-state index contributed by atoms with van der Waals surface area (Å²) in [5, 5.41) is 8.63. The van der Waals surface area contributed by atoms with Crippen LogP contribution in [0.3, 0.4) is 0 Å². The van der Waals surface area contributed by atoms with Crippen LogP contribution in [0.15, 0.2) is 11.7 Å². The smallest absolute Gasteiger partial charge is 0.304 e. The van der Waals surface area contributed by atoms with E-state index in [0.29, 0.717) is 0 Å². The average molecular weight is 185 g/mol. The number of rotatable bonds is 3. The molecule has 1 N–H and O–H groups in total. The number of aliphatic carboxylic acids is 1. The number of thiazole rings is 1. The highest BCUT2D eigenvalue weighted by Gasteiger charge is 2.25. The molecule has 1 heterocycles. The summed E-state index contributed by atoms with van der Waals surface area (Å²) in [6, 6.07) is 0. The first kappa shape index (κ1) is 9.19. The molecule has 4 heteroatoms. The van der Waals surface area contributed by atoms with Crippen molar-refractivity contribution in [2.45, 2.75) is 25.7 Å². The van der Waals surface area contributed by atoms with Crippen LogP contribution in [-0.4, -0.2) is 16.1 Å². The van der Waals surface area contributed by atoms with E-state index in [-0.39, 0.29) is 11.8 Å². The lowest BCUT2D eigenvalue weighted by Gasteiger charge is -2.19. The van der Waals surface area contributed by atoms with Gasteiger partial charge in [0.05, 0.1) is 11.9 Å². The lowest BCUT2D eigenvalue weighted by atomic mass is 9.88. The fourth-order valence-electron chi connectivity index (χ4n) is 1.02. The number of aromatic nitrogens is 1. The van der Waals surface area contributed by atoms with Crippen LogP contribution in [0.25, 0.3) is 0 Å². The Bertz CT molecular complexity index is 267. The third kappa shape index (κ3) is 2.04. The van der Waals surface area contributed by atoms with Gasteiger partial charge in [-0.15, -0.1) is 11.3 Å². The number of carboxylic acids is 1. The SMILES string of the molecule is CC(C)(CC(=O)O)c1cncs1. The number of carboxylic acid groups (broad SMARTS) is 1. The molecule has 66 valence electrons. The molecule has 0 fully saturated rings. The van der Waals surface area contributed by atoms with Gasteiger partial charge in [-0.1, -0.05) is 13.8 Å². The van der Waals surface area contributed by atoms with Crippen LogP contribution in [0.2, 0.25) is 0 Å². The summed E-state index contributed by atoms with van der Waals surface area (Å²) in [6.07, 6.45) is 1.88. The molecule has 0 unspecified atom stereocenters. The molecular formula is C8H11NO2S. The van der Waals surface area contributed by atoms with Crippen molar-refractivity contribution in [1.29, 1.82) is 0 Å². The molecule has 1 rings (SSSR count). The minimum absolute atomic E-state index is 0.148. The largest absolute Gasteiger partial charge is 0.481 e. The molecule has 1 aromatic heterocycles. The molecule has 1 aromatic rings. The molecule has 0 aliphatic heterocycles. The second kappa shape index (κ2) is 3.23. The first-order valence-corrected chi connectivity index (χ1v) is 4.51. The Morgan fingerprint density at radius 1 is 1.75 bits per heavy atom. The molecule has 0 aliphatic carbocycles. The molecular weight excluding hydrogens is 174 g/mol. The fourth-order valence-corrected chi connectivity index (χ4v) is 1.76. The maximum absolute atomic E-state index is 10.5. The number of hydrogen-bond donors (Lipinski definition) is 1. The minimum Gasteiger partial charge on any atom is -0.481 e. The predicted octanol–water partition coefficient (Wildman–Crippen LogP) is 1.90. The summed E-state index contributed by atoms with van der Waals surface area (Å²) in [6.45, 7) is 3.82. The monoisotopic (exact) mass is 185 g/mol. The van der Waals surface area contributed by atoms with E-state index < -0.39 is 5.97 Å². The Kier molecular flexibility index (Phi) is 2.47. The summed E-state index contributed by atoms with van der Waals surface area (Å²) >= 11 is 1.50. The molecule has 0 spiro atoms. The quantitative estimate of drug-likeness (QED) is 0.782. The lowest BCUT2D eigenvalue weighted by molar-refractivity contribution is -0.138. The maximum Gasteiger partial charge on any atom is 0.304 e. The molecule has 0 aromatic carbocycles. The number of nitrogens with zero attached hydrogens (tertiary/aromatic N) is 1. The maximum atomic E-state index is 10.5. The standard InChI is InChI=1S/C8H11NO2S/c1-8(2,3-7(10)11)6-4-9-5-12-6/h4-5H,3H2,1-2H3,(H,10,11). The van der Waals surface area contributed by atoms with Crippen molar-refractivity contribution in [2.75, 3.05) is 0 Å². The van der Waals surface area contributed by atoms with Crippen molar-refractivity contribution in [3.8, 4) is 0 Å². The number of carbonyl (C=O) groups is 1. The third-order valence-corrected chi connectivity index (χ3v) is 2.83. The van der Waals surface area contributed by atoms with E-state index in [9.17, 15) is 4.79 Å². The van der Waals surface area contributed by atoms with E-state index in [1.165, 1.54) is 11.3 Å². The molecule has 0 radical (unpaired) electrons. The van der Waals surface area contributed by atoms with E-state index in [1.54, 1.807) is 11.7 Å². The Morgan fingerprint density at radius 3 is 2.83 bits per heavy atom. The third-order valence-electron chi connectivity index (χ3n) is 1.69. The van der Waals surface area contributed by atoms with E-state index in [1.807, 2.05) is 13.8 Å². The van der Waals surface area contributed by atoms with Crippen molar-refractivity contribution in [1.82, 2.24) is 4.98 Å². The Labute approximate surface area is 75.1 Å². The van der Waals surface area contributed by atoms with Crippen molar-refractivity contribution in [3.63, 3.8) is 0 Å². The fraction of sp³-hybridized carbons (Fsp3) is 0.500. The summed E-state index contributed by atoms with van der Waals surface area (Å²) in [7, 11) is 0. The van der Waals surface area contributed by atoms with E-state index in [4.69, 9.17) is 5.11 Å². The van der Waals surface area contributed by atoms with Crippen molar-refractivity contribution in [3.05, 3.63) is 16.6 Å². The lowest BCUT2D eigenvalue weighted by Crippen LogP contribution is -2.20. The van der Waals surface area contributed by atoms with Crippen molar-refractivity contribution < 1.29 is 9.90 Å². The average Bonchev–Trinajstić information content (AvgIpc) is 2.32. The van der Waals surface area contributed by atoms with Crippen LogP contribution >= 0.6 is 11.3 Å². The summed E-state index contributed by atoms with van der Waals surface area (Å²) in [5.74, 6) is -0.770. The zero-order valence-electron chi connectivity index (χ0n) is 7.07. The topological polar surface area (TPSA) is 50.2 Å². The zero-order chi connectivity index (χ0) is 9.19. The molecule has 0 saturated carbocycles. The predicted molar refractivity (Wildman–Crippen MR) is 47.4 cm³/mol. The Hall–Kier alpha value is -0.900. The second-order valence-corrected chi connectivity index (χ2v) is 4.21. The van der Waals surface area contributed by atoms with Gasteiger partial charge in [0.15, 0.2) is 0 Å². The second-order valence-electron chi connectivity index (χ2n) is 3.32. The highest BCUT2D eigenvalue weighted by atomic mass is 32.1. The Morgan fingerprint density at radius 2 is 2.42 bits per heavy atom. The summed E-state index contributed by atoms with van der Waals surface area (Å²) < 4.78 is 0. The van der Waals surface area contributed by atoms with Crippen LogP contribution in [0.5, 0.6) is 0 Å². The summed E-state index contributed by atoms with van der Waals surface area (Å²) in [5.41, 5.74) is 1.42. The zero-order valence-corrected chi connectivity index (χ0v) is 7.89. The van der Waals surface area contributed by atoms with Crippen LogP contribution < -0.4 is 0 Å². The number of hydrogen-bond acceptors (Lipinski definition) is 3. The van der Waals surface area contributed by atoms with Gasteiger partial charge in [0, 0.05) is 16.5 Å². The Balaban J connectivity index is 2.79. The highest BCUT2D eigenvalue weighted by Crippen LogP contribution is 2.29. The van der Waals surface area contributed by atoms with Gasteiger partial charge in [-0.3, -0.25) is 9.78 Å². The van der Waals surface area contributed by atoms with Gasteiger partial charge in [0.2, 0.25) is 0 Å². The van der Waals surface area contributed by atoms with Gasteiger partial charge < -0.3 is 5.11 Å². The van der Waals surface area contributed by atoms with Crippen LogP contribution in [-0.2, 0) is 10.2 Å². The molecule has 0 amide bonds. The van der Waals surface area contributed by atoms with Gasteiger partial charge in [0.25, 0.3) is 0 Å². The van der Waals surface area contributed by atoms with E-state index in [0.717, 1.165) is 4.88 Å². The molecule has 3 nitrogen and oxygen atoms in total. The van der Waals surface area contributed by atoms with Crippen molar-refractivity contribution in [2.24, 2.45) is 0 Å². The molecule has 0 saturated heterocycles. The first-order chi connectivity index (χ1) is 5.52. The molecule has 0 aliphatic rings. The highest BCUT2D eigenvalue weighted by molar-refractivity contribution is 7.09. The van der Waals surface area contributed by atoms with Gasteiger partial charge >= 0.3 is 5.97 Å². The van der Waals surface area contributed by atoms with Gasteiger partial charge in [-0.2, -0.15) is 0 Å². The van der Waals surface area contributed by atoms with Gasteiger partial charge in [-0.05, 0) is 0 Å². The van der Waals surface area contributed by atoms with E-state index in [2.05, 4.69) is 4.98 Å². The van der Waals surface area contributed by atoms with Crippen molar-refractivity contribution >= 4 is 17.3 Å². The normalized spacial score (nSPS) is 11.5. The molecule has 0 atom stereocenters. The van der Waals surface area contributed by atoms with Crippen LogP contribution in [0, 0.1) is 0 Å². The van der Waals surface area contributed by atoms with E-state index >= 15 is 0 Å². The van der Waals surface area contributed by atoms with Crippen LogP contribution in [0.4, 0.5) is 0 Å². The van der Waals surface area contributed by atoms with Gasteiger partial charge in [0.1, 0.15) is 0 Å². The molecule has 12 heavy (non-hydrogen) atoms.